The van der Waals surface area contributed by atoms with Crippen molar-refractivity contribution in [2.75, 3.05) is 13.1 Å². The van der Waals surface area contributed by atoms with E-state index in [4.69, 9.17) is 17.3 Å². The zero-order valence-electron chi connectivity index (χ0n) is 7.88. The van der Waals surface area contributed by atoms with Gasteiger partial charge in [0, 0.05) is 25.0 Å². The lowest BCUT2D eigenvalue weighted by Gasteiger charge is -2.05. The summed E-state index contributed by atoms with van der Waals surface area (Å²) < 4.78 is 0. The maximum absolute atomic E-state index is 11.4. The number of nitrogens with two attached hydrogens (primary N) is 1. The second kappa shape index (κ2) is 4.93. The van der Waals surface area contributed by atoms with E-state index in [9.17, 15) is 4.79 Å². The summed E-state index contributed by atoms with van der Waals surface area (Å²) in [5, 5.41) is 3.03. The Kier molecular flexibility index (Phi) is 3.85. The predicted octanol–water partition coefficient (Wildman–Crippen LogP) is 0.732. The monoisotopic (exact) mass is 213 g/mol. The number of aromatic nitrogens is 1. The maximum Gasteiger partial charge on any atom is 0.254 e. The average Bonchev–Trinajstić information content (AvgIpc) is 2.14. The molecule has 1 amide bonds. The number of hydrogen-bond acceptors (Lipinski definition) is 3. The van der Waals surface area contributed by atoms with Crippen LogP contribution < -0.4 is 11.1 Å². The van der Waals surface area contributed by atoms with Crippen LogP contribution in [0.15, 0.2) is 12.3 Å². The van der Waals surface area contributed by atoms with Crippen LogP contribution in [0, 0.1) is 6.92 Å². The predicted molar refractivity (Wildman–Crippen MR) is 55.4 cm³/mol. The molecule has 3 N–H and O–H groups in total. The van der Waals surface area contributed by atoms with Crippen LogP contribution in [-0.4, -0.2) is 24.0 Å². The van der Waals surface area contributed by atoms with Crippen molar-refractivity contribution in [3.05, 3.63) is 28.5 Å². The number of rotatable bonds is 3. The topological polar surface area (TPSA) is 68.0 Å². The molecule has 0 aliphatic heterocycles. The molecule has 1 aromatic rings. The summed E-state index contributed by atoms with van der Waals surface area (Å²) in [7, 11) is 0. The number of hydrogen-bond donors (Lipinski definition) is 2. The maximum atomic E-state index is 11.4. The van der Waals surface area contributed by atoms with E-state index in [-0.39, 0.29) is 5.91 Å². The number of nitrogens with one attached hydrogen (secondary N) is 1. The summed E-state index contributed by atoms with van der Waals surface area (Å²) in [5.41, 5.74) is 6.42. The van der Waals surface area contributed by atoms with Gasteiger partial charge in [0.15, 0.2) is 0 Å². The zero-order chi connectivity index (χ0) is 10.6. The Hall–Kier alpha value is -1.13. The average molecular weight is 214 g/mol. The highest BCUT2D eigenvalue weighted by molar-refractivity contribution is 6.33. The number of carbonyl (C=O) groups is 1. The fourth-order valence-electron chi connectivity index (χ4n) is 0.974. The normalized spacial score (nSPS) is 9.93. The number of aryl methyl sites for hydroxylation is 1. The van der Waals surface area contributed by atoms with E-state index in [2.05, 4.69) is 10.3 Å². The fraction of sp³-hybridized carbons (Fsp3) is 0.333. The molecule has 0 unspecified atom stereocenters. The number of halogens is 1. The van der Waals surface area contributed by atoms with E-state index in [0.29, 0.717) is 23.7 Å². The highest BCUT2D eigenvalue weighted by Gasteiger charge is 2.09. The van der Waals surface area contributed by atoms with Crippen molar-refractivity contribution >= 4 is 17.5 Å². The van der Waals surface area contributed by atoms with Gasteiger partial charge in [0.1, 0.15) is 0 Å². The van der Waals surface area contributed by atoms with E-state index in [0.717, 1.165) is 5.69 Å². The molecule has 0 saturated heterocycles. The lowest BCUT2D eigenvalue weighted by atomic mass is 10.2. The molecule has 0 fully saturated rings. The smallest absolute Gasteiger partial charge is 0.254 e. The Morgan fingerprint density at radius 2 is 2.43 bits per heavy atom. The molecule has 0 aromatic carbocycles. The minimum absolute atomic E-state index is 0.243. The molecule has 0 saturated carbocycles. The highest BCUT2D eigenvalue weighted by Crippen LogP contribution is 2.15. The molecule has 1 aromatic heterocycles. The van der Waals surface area contributed by atoms with Gasteiger partial charge in [-0.15, -0.1) is 0 Å². The second-order valence-electron chi connectivity index (χ2n) is 2.85. The fourth-order valence-corrected chi connectivity index (χ4v) is 1.27. The van der Waals surface area contributed by atoms with E-state index in [1.54, 1.807) is 6.07 Å². The van der Waals surface area contributed by atoms with Gasteiger partial charge in [0.25, 0.3) is 5.91 Å². The Bertz CT molecular complexity index is 341. The first kappa shape index (κ1) is 10.9. The Balaban J connectivity index is 2.80. The summed E-state index contributed by atoms with van der Waals surface area (Å²) >= 11 is 5.87. The number of nitrogens with zero attached hydrogens (tertiary/aromatic N) is 1. The van der Waals surface area contributed by atoms with Crippen LogP contribution in [0.5, 0.6) is 0 Å². The third-order valence-corrected chi connectivity index (χ3v) is 1.98. The van der Waals surface area contributed by atoms with Gasteiger partial charge >= 0.3 is 0 Å². The van der Waals surface area contributed by atoms with Crippen molar-refractivity contribution in [1.82, 2.24) is 10.3 Å². The van der Waals surface area contributed by atoms with Crippen molar-refractivity contribution in [2.24, 2.45) is 5.73 Å². The first-order valence-corrected chi connectivity index (χ1v) is 4.63. The van der Waals surface area contributed by atoms with Gasteiger partial charge in [-0.05, 0) is 13.0 Å². The van der Waals surface area contributed by atoms with Gasteiger partial charge in [-0.1, -0.05) is 11.6 Å². The van der Waals surface area contributed by atoms with Crippen molar-refractivity contribution in [3.63, 3.8) is 0 Å². The molecule has 76 valence electrons. The molecule has 5 heteroatoms. The summed E-state index contributed by atoms with van der Waals surface area (Å²) in [6.45, 7) is 2.65. The van der Waals surface area contributed by atoms with Crippen molar-refractivity contribution in [2.45, 2.75) is 6.92 Å². The first-order valence-electron chi connectivity index (χ1n) is 4.25. The van der Waals surface area contributed by atoms with Crippen LogP contribution in [0.4, 0.5) is 0 Å². The lowest BCUT2D eigenvalue weighted by Crippen LogP contribution is -2.29. The van der Waals surface area contributed by atoms with Crippen LogP contribution in [0.25, 0.3) is 0 Å². The van der Waals surface area contributed by atoms with E-state index < -0.39 is 0 Å². The largest absolute Gasteiger partial charge is 0.351 e. The van der Waals surface area contributed by atoms with Crippen molar-refractivity contribution in [1.29, 1.82) is 0 Å². The molecule has 0 aliphatic rings. The van der Waals surface area contributed by atoms with Gasteiger partial charge in [0.05, 0.1) is 10.6 Å². The number of carbonyl (C=O) groups excluding carboxylic acids is 1. The lowest BCUT2D eigenvalue weighted by molar-refractivity contribution is 0.0954. The Morgan fingerprint density at radius 1 is 1.71 bits per heavy atom. The summed E-state index contributed by atoms with van der Waals surface area (Å²) in [6, 6.07) is 1.65. The van der Waals surface area contributed by atoms with Gasteiger partial charge < -0.3 is 11.1 Å². The zero-order valence-corrected chi connectivity index (χ0v) is 8.64. The van der Waals surface area contributed by atoms with E-state index in [1.165, 1.54) is 6.20 Å². The third kappa shape index (κ3) is 2.68. The summed E-state index contributed by atoms with van der Waals surface area (Å²) in [4.78, 5) is 15.4. The molecule has 0 atom stereocenters. The minimum atomic E-state index is -0.243. The van der Waals surface area contributed by atoms with Crippen LogP contribution in [0.2, 0.25) is 5.02 Å². The van der Waals surface area contributed by atoms with Crippen LogP contribution in [0.1, 0.15) is 16.1 Å². The molecule has 1 rings (SSSR count). The highest BCUT2D eigenvalue weighted by atomic mass is 35.5. The Labute approximate surface area is 87.5 Å². The molecule has 0 spiro atoms. The molecule has 14 heavy (non-hydrogen) atoms. The second-order valence-corrected chi connectivity index (χ2v) is 3.26. The van der Waals surface area contributed by atoms with Gasteiger partial charge in [-0.25, -0.2) is 0 Å². The quantitative estimate of drug-likeness (QED) is 0.778. The standard InChI is InChI=1S/C9H12ClN3O/c1-6-4-8(10)7(5-13-6)9(14)12-3-2-11/h4-5H,2-3,11H2,1H3,(H,12,14). The van der Waals surface area contributed by atoms with Crippen LogP contribution >= 0.6 is 11.6 Å². The summed E-state index contributed by atoms with van der Waals surface area (Å²) in [5.74, 6) is -0.243. The Morgan fingerprint density at radius 3 is 3.00 bits per heavy atom. The van der Waals surface area contributed by atoms with E-state index >= 15 is 0 Å². The van der Waals surface area contributed by atoms with Crippen molar-refractivity contribution in [3.8, 4) is 0 Å². The molecule has 1 heterocycles. The van der Waals surface area contributed by atoms with E-state index in [1.807, 2.05) is 6.92 Å². The summed E-state index contributed by atoms with van der Waals surface area (Å²) in [6.07, 6.45) is 1.46. The molecule has 0 radical (unpaired) electrons. The van der Waals surface area contributed by atoms with Crippen molar-refractivity contribution < 1.29 is 4.79 Å². The molecule has 4 nitrogen and oxygen atoms in total. The third-order valence-electron chi connectivity index (χ3n) is 1.66. The molecular formula is C9H12ClN3O. The number of pyridine rings is 1. The minimum Gasteiger partial charge on any atom is -0.351 e. The van der Waals surface area contributed by atoms with Gasteiger partial charge in [-0.3, -0.25) is 9.78 Å². The molecule has 0 aliphatic carbocycles. The van der Waals surface area contributed by atoms with Gasteiger partial charge in [-0.2, -0.15) is 0 Å². The van der Waals surface area contributed by atoms with Crippen LogP contribution in [-0.2, 0) is 0 Å². The molecule has 0 bridgehead atoms. The van der Waals surface area contributed by atoms with Crippen LogP contribution in [0.3, 0.4) is 0 Å². The molecular weight excluding hydrogens is 202 g/mol. The number of amides is 1. The first-order chi connectivity index (χ1) is 6.65. The SMILES string of the molecule is Cc1cc(Cl)c(C(=O)NCCN)cn1. The van der Waals surface area contributed by atoms with Gasteiger partial charge in [0.2, 0.25) is 0 Å².